The Kier molecular flexibility index (Phi) is 2.79. The maximum Gasteiger partial charge on any atom is 0.224 e. The van der Waals surface area contributed by atoms with Crippen LogP contribution in [0.3, 0.4) is 0 Å². The van der Waals surface area contributed by atoms with E-state index in [2.05, 4.69) is 6.92 Å². The zero-order valence-corrected chi connectivity index (χ0v) is 8.99. The minimum absolute atomic E-state index is 0.0796. The molecule has 0 aliphatic carbocycles. The minimum Gasteiger partial charge on any atom is -0.373 e. The van der Waals surface area contributed by atoms with Gasteiger partial charge in [0.1, 0.15) is 18.3 Å². The Labute approximate surface area is 84.5 Å². The van der Waals surface area contributed by atoms with Gasteiger partial charge in [0, 0.05) is 14.2 Å². The molecule has 2 aliphatic heterocycles. The lowest BCUT2D eigenvalue weighted by atomic mass is 10.0. The first kappa shape index (κ1) is 10.4. The SMILES string of the molecule is CCCC1OC1(OC)C(OC)C1CO1. The molecule has 82 valence electrons. The van der Waals surface area contributed by atoms with Crippen LogP contribution < -0.4 is 0 Å². The fourth-order valence-electron chi connectivity index (χ4n) is 2.06. The number of epoxide rings is 2. The van der Waals surface area contributed by atoms with Crippen molar-refractivity contribution in [1.82, 2.24) is 0 Å². The summed E-state index contributed by atoms with van der Waals surface area (Å²) in [7, 11) is 3.35. The number of ether oxygens (including phenoxy) is 4. The van der Waals surface area contributed by atoms with Gasteiger partial charge in [0.05, 0.1) is 6.61 Å². The van der Waals surface area contributed by atoms with Crippen LogP contribution in [0, 0.1) is 0 Å². The average Bonchev–Trinajstić information content (AvgIpc) is 3.05. The maximum atomic E-state index is 5.62. The molecule has 2 aliphatic rings. The fourth-order valence-corrected chi connectivity index (χ4v) is 2.06. The molecule has 4 nitrogen and oxygen atoms in total. The molecule has 4 heteroatoms. The molecule has 4 atom stereocenters. The summed E-state index contributed by atoms with van der Waals surface area (Å²) in [5.74, 6) is -0.536. The van der Waals surface area contributed by atoms with Crippen LogP contribution in [0.25, 0.3) is 0 Å². The van der Waals surface area contributed by atoms with Crippen LogP contribution in [0.4, 0.5) is 0 Å². The van der Waals surface area contributed by atoms with E-state index in [-0.39, 0.29) is 18.3 Å². The number of hydrogen-bond acceptors (Lipinski definition) is 4. The van der Waals surface area contributed by atoms with E-state index in [1.165, 1.54) is 0 Å². The van der Waals surface area contributed by atoms with Crippen LogP contribution >= 0.6 is 0 Å². The number of methoxy groups -OCH3 is 2. The fraction of sp³-hybridized carbons (Fsp3) is 1.00. The second-order valence-corrected chi connectivity index (χ2v) is 3.85. The van der Waals surface area contributed by atoms with Crippen LogP contribution in [-0.2, 0) is 18.9 Å². The van der Waals surface area contributed by atoms with Crippen molar-refractivity contribution in [1.29, 1.82) is 0 Å². The van der Waals surface area contributed by atoms with Crippen LogP contribution in [0.15, 0.2) is 0 Å². The van der Waals surface area contributed by atoms with Gasteiger partial charge in [0.25, 0.3) is 0 Å². The Morgan fingerprint density at radius 1 is 1.50 bits per heavy atom. The van der Waals surface area contributed by atoms with Crippen LogP contribution in [0.2, 0.25) is 0 Å². The molecule has 0 saturated carbocycles. The summed E-state index contributed by atoms with van der Waals surface area (Å²) in [6, 6.07) is 0. The molecule has 0 aromatic carbocycles. The van der Waals surface area contributed by atoms with Gasteiger partial charge in [-0.1, -0.05) is 13.3 Å². The van der Waals surface area contributed by atoms with Gasteiger partial charge in [-0.3, -0.25) is 0 Å². The highest BCUT2D eigenvalue weighted by atomic mass is 16.8. The molecule has 4 unspecified atom stereocenters. The van der Waals surface area contributed by atoms with Crippen molar-refractivity contribution in [2.24, 2.45) is 0 Å². The van der Waals surface area contributed by atoms with Gasteiger partial charge >= 0.3 is 0 Å². The predicted octanol–water partition coefficient (Wildman–Crippen LogP) is 0.942. The van der Waals surface area contributed by atoms with Gasteiger partial charge < -0.3 is 18.9 Å². The van der Waals surface area contributed by atoms with E-state index < -0.39 is 5.79 Å². The molecule has 0 amide bonds. The number of hydrogen-bond donors (Lipinski definition) is 0. The van der Waals surface area contributed by atoms with Crippen LogP contribution in [0.1, 0.15) is 19.8 Å². The van der Waals surface area contributed by atoms with E-state index >= 15 is 0 Å². The largest absolute Gasteiger partial charge is 0.373 e. The summed E-state index contributed by atoms with van der Waals surface area (Å²) < 4.78 is 21.7. The first-order valence-corrected chi connectivity index (χ1v) is 5.15. The molecule has 0 aromatic rings. The van der Waals surface area contributed by atoms with E-state index in [9.17, 15) is 0 Å². The molecule has 0 N–H and O–H groups in total. The Bertz CT molecular complexity index is 204. The van der Waals surface area contributed by atoms with E-state index in [1.807, 2.05) is 0 Å². The topological polar surface area (TPSA) is 43.5 Å². The van der Waals surface area contributed by atoms with Gasteiger partial charge in [0.2, 0.25) is 5.79 Å². The number of rotatable bonds is 6. The molecule has 0 spiro atoms. The normalized spacial score (nSPS) is 42.2. The highest BCUT2D eigenvalue weighted by Gasteiger charge is 2.66. The Morgan fingerprint density at radius 2 is 2.21 bits per heavy atom. The molecule has 2 fully saturated rings. The Morgan fingerprint density at radius 3 is 2.64 bits per heavy atom. The minimum atomic E-state index is -0.536. The molecule has 2 saturated heterocycles. The monoisotopic (exact) mass is 202 g/mol. The van der Waals surface area contributed by atoms with Crippen molar-refractivity contribution >= 4 is 0 Å². The van der Waals surface area contributed by atoms with Gasteiger partial charge in [-0.25, -0.2) is 0 Å². The molecule has 0 aromatic heterocycles. The van der Waals surface area contributed by atoms with E-state index in [0.29, 0.717) is 0 Å². The van der Waals surface area contributed by atoms with Crippen LogP contribution in [-0.4, -0.2) is 44.9 Å². The molecule has 14 heavy (non-hydrogen) atoms. The molecule has 2 heterocycles. The summed E-state index contributed by atoms with van der Waals surface area (Å²) in [6.45, 7) is 2.89. The second-order valence-electron chi connectivity index (χ2n) is 3.85. The third-order valence-corrected chi connectivity index (χ3v) is 2.94. The lowest BCUT2D eigenvalue weighted by Gasteiger charge is -2.20. The molecule has 0 bridgehead atoms. The molecule has 2 rings (SSSR count). The zero-order valence-electron chi connectivity index (χ0n) is 8.99. The highest BCUT2D eigenvalue weighted by molar-refractivity contribution is 5.05. The Hall–Kier alpha value is -0.160. The summed E-state index contributed by atoms with van der Waals surface area (Å²) >= 11 is 0. The lowest BCUT2D eigenvalue weighted by Crippen LogP contribution is -2.40. The summed E-state index contributed by atoms with van der Waals surface area (Å²) in [6.07, 6.45) is 2.36. The van der Waals surface area contributed by atoms with Crippen molar-refractivity contribution in [3.05, 3.63) is 0 Å². The third kappa shape index (κ3) is 1.56. The van der Waals surface area contributed by atoms with Gasteiger partial charge in [-0.05, 0) is 6.42 Å². The predicted molar refractivity (Wildman–Crippen MR) is 50.1 cm³/mol. The van der Waals surface area contributed by atoms with Crippen LogP contribution in [0.5, 0.6) is 0 Å². The third-order valence-electron chi connectivity index (χ3n) is 2.94. The lowest BCUT2D eigenvalue weighted by molar-refractivity contribution is -0.120. The summed E-state index contributed by atoms with van der Waals surface area (Å²) in [5, 5.41) is 0. The smallest absolute Gasteiger partial charge is 0.224 e. The van der Waals surface area contributed by atoms with Crippen molar-refractivity contribution in [2.45, 2.75) is 43.9 Å². The van der Waals surface area contributed by atoms with Crippen molar-refractivity contribution < 1.29 is 18.9 Å². The molecule has 0 radical (unpaired) electrons. The van der Waals surface area contributed by atoms with Gasteiger partial charge in [-0.2, -0.15) is 0 Å². The highest BCUT2D eigenvalue weighted by Crippen LogP contribution is 2.47. The molecular weight excluding hydrogens is 184 g/mol. The van der Waals surface area contributed by atoms with E-state index in [4.69, 9.17) is 18.9 Å². The van der Waals surface area contributed by atoms with Gasteiger partial charge in [-0.15, -0.1) is 0 Å². The summed E-state index contributed by atoms with van der Waals surface area (Å²) in [4.78, 5) is 0. The van der Waals surface area contributed by atoms with Crippen molar-refractivity contribution in [2.75, 3.05) is 20.8 Å². The standard InChI is InChI=1S/C10H18O4/c1-4-5-8-10(12-3,14-8)9(11-2)7-6-13-7/h7-9H,4-6H2,1-3H3. The van der Waals surface area contributed by atoms with Gasteiger partial charge in [0.15, 0.2) is 0 Å². The van der Waals surface area contributed by atoms with E-state index in [1.54, 1.807) is 14.2 Å². The zero-order chi connectivity index (χ0) is 10.2. The van der Waals surface area contributed by atoms with E-state index in [0.717, 1.165) is 19.4 Å². The van der Waals surface area contributed by atoms with Crippen molar-refractivity contribution in [3.8, 4) is 0 Å². The van der Waals surface area contributed by atoms with Crippen molar-refractivity contribution in [3.63, 3.8) is 0 Å². The first-order chi connectivity index (χ1) is 6.78. The maximum absolute atomic E-state index is 5.62. The quantitative estimate of drug-likeness (QED) is 0.601. The molecular formula is C10H18O4. The Balaban J connectivity index is 1.98. The summed E-state index contributed by atoms with van der Waals surface area (Å²) in [5.41, 5.74) is 0. The second kappa shape index (κ2) is 3.77. The first-order valence-electron chi connectivity index (χ1n) is 5.15. The average molecular weight is 202 g/mol.